The second kappa shape index (κ2) is 7.05. The molecule has 2 unspecified atom stereocenters. The summed E-state index contributed by atoms with van der Waals surface area (Å²) in [6.45, 7) is 6.68. The first-order valence-electron chi connectivity index (χ1n) is 7.35. The minimum atomic E-state index is -3.86. The maximum absolute atomic E-state index is 12.6. The molecule has 2 atom stereocenters. The predicted octanol–water partition coefficient (Wildman–Crippen LogP) is 4.04. The zero-order chi connectivity index (χ0) is 16.3. The quantitative estimate of drug-likeness (QED) is 0.719. The van der Waals surface area contributed by atoms with Crippen molar-refractivity contribution in [2.24, 2.45) is 0 Å². The highest BCUT2D eigenvalue weighted by atomic mass is 35.5. The normalized spacial score (nSPS) is 20.8. The lowest BCUT2D eigenvalue weighted by Gasteiger charge is -2.21. The highest BCUT2D eigenvalue weighted by Gasteiger charge is 2.29. The molecule has 0 bridgehead atoms. The van der Waals surface area contributed by atoms with E-state index in [1.807, 2.05) is 19.1 Å². The number of fused-ring (bicyclic) bond motifs is 1. The van der Waals surface area contributed by atoms with Gasteiger partial charge in [-0.3, -0.25) is 4.57 Å². The lowest BCUT2D eigenvalue weighted by Crippen LogP contribution is -2.18. The standard InChI is InChI=1S/C15H22ClN2O3P/c1-4-10(2)21-22(19,20)11(3)15-13-6-5-12(16)9-14(13)17-7-8-18-15/h5-6,9-10,17-18H,4,7-8H2,1-3H3,(H,19,20). The van der Waals surface area contributed by atoms with Gasteiger partial charge in [0.15, 0.2) is 0 Å². The molecule has 0 spiro atoms. The summed E-state index contributed by atoms with van der Waals surface area (Å²) in [5.74, 6) is 0. The van der Waals surface area contributed by atoms with Crippen LogP contribution in [0.1, 0.15) is 32.8 Å². The second-order valence-corrected chi connectivity index (χ2v) is 7.71. The Bertz CT molecular complexity index is 633. The third-order valence-electron chi connectivity index (χ3n) is 3.68. The summed E-state index contributed by atoms with van der Waals surface area (Å²) in [6.07, 6.45) is 0.397. The van der Waals surface area contributed by atoms with Crippen LogP contribution in [0.3, 0.4) is 0 Å². The van der Waals surface area contributed by atoms with Gasteiger partial charge in [-0.25, -0.2) is 0 Å². The van der Waals surface area contributed by atoms with Crippen molar-refractivity contribution < 1.29 is 14.0 Å². The highest BCUT2D eigenvalue weighted by Crippen LogP contribution is 2.54. The van der Waals surface area contributed by atoms with Crippen LogP contribution < -0.4 is 10.6 Å². The number of anilines is 1. The Balaban J connectivity index is 2.47. The van der Waals surface area contributed by atoms with E-state index in [9.17, 15) is 9.46 Å². The molecule has 3 N–H and O–H groups in total. The van der Waals surface area contributed by atoms with Gasteiger partial charge in [0.2, 0.25) is 0 Å². The number of rotatable bonds is 4. The molecule has 0 aromatic heterocycles. The van der Waals surface area contributed by atoms with Crippen LogP contribution in [0.2, 0.25) is 5.02 Å². The van der Waals surface area contributed by atoms with Crippen molar-refractivity contribution in [3.63, 3.8) is 0 Å². The topological polar surface area (TPSA) is 70.6 Å². The fourth-order valence-corrected chi connectivity index (χ4v) is 3.67. The fraction of sp³-hybridized carbons (Fsp3) is 0.467. The van der Waals surface area contributed by atoms with Crippen LogP contribution in [-0.4, -0.2) is 24.1 Å². The van der Waals surface area contributed by atoms with E-state index in [-0.39, 0.29) is 6.10 Å². The molecule has 7 heteroatoms. The van der Waals surface area contributed by atoms with Gasteiger partial charge in [-0.05, 0) is 38.5 Å². The van der Waals surface area contributed by atoms with Crippen LogP contribution in [0.4, 0.5) is 5.69 Å². The van der Waals surface area contributed by atoms with Gasteiger partial charge in [0.05, 0.1) is 17.1 Å². The molecule has 1 aromatic rings. The highest BCUT2D eigenvalue weighted by molar-refractivity contribution is 7.57. The van der Waals surface area contributed by atoms with Crippen LogP contribution >= 0.6 is 19.2 Å². The van der Waals surface area contributed by atoms with Crippen LogP contribution in [-0.2, 0) is 9.09 Å². The van der Waals surface area contributed by atoms with E-state index in [1.165, 1.54) is 0 Å². The molecule has 0 saturated heterocycles. The summed E-state index contributed by atoms with van der Waals surface area (Å²) in [5, 5.41) is 7.42. The maximum atomic E-state index is 12.6. The number of halogens is 1. The lowest BCUT2D eigenvalue weighted by atomic mass is 10.1. The molecular formula is C15H22ClN2O3P. The van der Waals surface area contributed by atoms with Crippen LogP contribution in [0, 0.1) is 0 Å². The van der Waals surface area contributed by atoms with E-state index in [4.69, 9.17) is 16.1 Å². The average molecular weight is 345 g/mol. The van der Waals surface area contributed by atoms with E-state index >= 15 is 0 Å². The van der Waals surface area contributed by atoms with Gasteiger partial charge in [0.25, 0.3) is 0 Å². The van der Waals surface area contributed by atoms with E-state index in [1.54, 1.807) is 19.9 Å². The van der Waals surface area contributed by atoms with Gasteiger partial charge in [-0.15, -0.1) is 0 Å². The van der Waals surface area contributed by atoms with Gasteiger partial charge in [0, 0.05) is 29.4 Å². The lowest BCUT2D eigenvalue weighted by molar-refractivity contribution is 0.190. The van der Waals surface area contributed by atoms with Crippen LogP contribution in [0.15, 0.2) is 23.5 Å². The SMILES string of the molecule is CCC(C)OP(=O)(O)C(C)=C1NCCNc2cc(Cl)ccc21. The predicted molar refractivity (Wildman–Crippen MR) is 91.2 cm³/mol. The van der Waals surface area contributed by atoms with E-state index in [0.717, 1.165) is 11.3 Å². The molecule has 0 amide bonds. The van der Waals surface area contributed by atoms with Crippen molar-refractivity contribution in [2.75, 3.05) is 18.4 Å². The molecule has 0 saturated carbocycles. The number of benzene rings is 1. The zero-order valence-corrected chi connectivity index (χ0v) is 14.7. The van der Waals surface area contributed by atoms with Crippen LogP contribution in [0.5, 0.6) is 0 Å². The van der Waals surface area contributed by atoms with Gasteiger partial charge in [-0.1, -0.05) is 18.5 Å². The summed E-state index contributed by atoms with van der Waals surface area (Å²) >= 11 is 6.03. The Kier molecular flexibility index (Phi) is 5.56. The minimum absolute atomic E-state index is 0.278. The molecule has 0 radical (unpaired) electrons. The summed E-state index contributed by atoms with van der Waals surface area (Å²) in [7, 11) is -3.86. The molecule has 0 fully saturated rings. The molecule has 122 valence electrons. The van der Waals surface area contributed by atoms with E-state index in [2.05, 4.69) is 10.6 Å². The van der Waals surface area contributed by atoms with Gasteiger partial charge in [-0.2, -0.15) is 0 Å². The Morgan fingerprint density at radius 1 is 1.45 bits per heavy atom. The summed E-state index contributed by atoms with van der Waals surface area (Å²) in [5.41, 5.74) is 2.29. The second-order valence-electron chi connectivity index (χ2n) is 5.35. The smallest absolute Gasteiger partial charge is 0.356 e. The number of nitrogens with one attached hydrogen (secondary N) is 2. The largest absolute Gasteiger partial charge is 0.383 e. The number of allylic oxidation sites excluding steroid dienone is 1. The van der Waals surface area contributed by atoms with Gasteiger partial charge >= 0.3 is 7.60 Å². The first kappa shape index (κ1) is 17.4. The summed E-state index contributed by atoms with van der Waals surface area (Å²) in [4.78, 5) is 10.3. The van der Waals surface area contributed by atoms with Crippen molar-refractivity contribution in [2.45, 2.75) is 33.3 Å². The van der Waals surface area contributed by atoms with Gasteiger partial charge in [0.1, 0.15) is 0 Å². The zero-order valence-electron chi connectivity index (χ0n) is 13.0. The molecule has 5 nitrogen and oxygen atoms in total. The summed E-state index contributed by atoms with van der Waals surface area (Å²) < 4.78 is 17.9. The van der Waals surface area contributed by atoms with Crippen molar-refractivity contribution in [3.8, 4) is 0 Å². The van der Waals surface area contributed by atoms with Crippen molar-refractivity contribution in [1.82, 2.24) is 5.32 Å². The first-order chi connectivity index (χ1) is 10.3. The first-order valence-corrected chi connectivity index (χ1v) is 9.31. The molecule has 1 aromatic carbocycles. The Labute approximate surface area is 136 Å². The molecular weight excluding hydrogens is 323 g/mol. The van der Waals surface area contributed by atoms with E-state index < -0.39 is 7.60 Å². The Hall–Kier alpha value is -1.00. The Morgan fingerprint density at radius 2 is 2.14 bits per heavy atom. The number of hydrogen-bond acceptors (Lipinski definition) is 4. The fourth-order valence-electron chi connectivity index (χ4n) is 2.22. The van der Waals surface area contributed by atoms with Crippen molar-refractivity contribution >= 4 is 30.6 Å². The molecule has 22 heavy (non-hydrogen) atoms. The molecule has 2 rings (SSSR count). The third kappa shape index (κ3) is 3.85. The van der Waals surface area contributed by atoms with Crippen molar-refractivity contribution in [3.05, 3.63) is 34.1 Å². The maximum Gasteiger partial charge on any atom is 0.356 e. The molecule has 1 heterocycles. The monoisotopic (exact) mass is 344 g/mol. The van der Waals surface area contributed by atoms with Gasteiger partial charge < -0.3 is 20.1 Å². The molecule has 1 aliphatic heterocycles. The molecule has 1 aliphatic rings. The molecule has 0 aliphatic carbocycles. The average Bonchev–Trinajstić information content (AvgIpc) is 2.67. The van der Waals surface area contributed by atoms with Crippen LogP contribution in [0.25, 0.3) is 5.70 Å². The number of hydrogen-bond donors (Lipinski definition) is 3. The third-order valence-corrected chi connectivity index (χ3v) is 5.63. The van der Waals surface area contributed by atoms with Crippen molar-refractivity contribution in [1.29, 1.82) is 0 Å². The van der Waals surface area contributed by atoms with E-state index in [0.29, 0.717) is 35.5 Å². The minimum Gasteiger partial charge on any atom is -0.383 e. The Morgan fingerprint density at radius 3 is 2.82 bits per heavy atom. The summed E-state index contributed by atoms with van der Waals surface area (Å²) in [6, 6.07) is 5.42.